The van der Waals surface area contributed by atoms with Crippen molar-refractivity contribution in [3.8, 4) is 0 Å². The topological polar surface area (TPSA) is 62.7 Å². The molecule has 1 fully saturated rings. The van der Waals surface area contributed by atoms with Crippen LogP contribution in [0, 0.1) is 12.3 Å². The van der Waals surface area contributed by atoms with Crippen LogP contribution < -0.4 is 0 Å². The Kier molecular flexibility index (Phi) is 5.58. The second-order valence-electron chi connectivity index (χ2n) is 6.15. The zero-order chi connectivity index (χ0) is 16.3. The molecule has 0 bridgehead atoms. The van der Waals surface area contributed by atoms with Crippen LogP contribution in [0.2, 0.25) is 0 Å². The monoisotopic (exact) mass is 326 g/mol. The van der Waals surface area contributed by atoms with Crippen molar-refractivity contribution in [1.82, 2.24) is 9.88 Å². The molecule has 1 atom stereocenters. The smallest absolute Gasteiger partial charge is 0.265 e. The highest BCUT2D eigenvalue weighted by Gasteiger charge is 2.35. The van der Waals surface area contributed by atoms with E-state index in [-0.39, 0.29) is 24.0 Å². The van der Waals surface area contributed by atoms with Crippen molar-refractivity contribution in [3.63, 3.8) is 0 Å². The minimum Gasteiger partial charge on any atom is -0.396 e. The summed E-state index contributed by atoms with van der Waals surface area (Å²) in [5.41, 5.74) is 0.776. The van der Waals surface area contributed by atoms with E-state index in [4.69, 9.17) is 4.74 Å². The molecule has 6 heteroatoms. The van der Waals surface area contributed by atoms with Crippen LogP contribution in [0.5, 0.6) is 0 Å². The summed E-state index contributed by atoms with van der Waals surface area (Å²) in [5.74, 6) is 0.0622. The highest BCUT2D eigenvalue weighted by atomic mass is 32.1. The molecule has 1 saturated heterocycles. The lowest BCUT2D eigenvalue weighted by Gasteiger charge is -2.40. The lowest BCUT2D eigenvalue weighted by molar-refractivity contribution is 0.0340. The van der Waals surface area contributed by atoms with E-state index in [9.17, 15) is 9.90 Å². The number of aromatic nitrogens is 1. The zero-order valence-corrected chi connectivity index (χ0v) is 14.7. The molecule has 0 radical (unpaired) electrons. The summed E-state index contributed by atoms with van der Waals surface area (Å²) >= 11 is 1.43. The summed E-state index contributed by atoms with van der Waals surface area (Å²) in [5, 5.41) is 10.4. The molecule has 124 valence electrons. The maximum Gasteiger partial charge on any atom is 0.265 e. The Morgan fingerprint density at radius 1 is 1.50 bits per heavy atom. The number of carbonyl (C=O) groups excluding carboxylic acids is 1. The normalized spacial score (nSPS) is 19.2. The van der Waals surface area contributed by atoms with Crippen molar-refractivity contribution in [3.05, 3.63) is 15.6 Å². The van der Waals surface area contributed by atoms with Crippen LogP contribution in [0.3, 0.4) is 0 Å². The van der Waals surface area contributed by atoms with Gasteiger partial charge < -0.3 is 14.7 Å². The summed E-state index contributed by atoms with van der Waals surface area (Å²) < 4.78 is 5.28. The molecule has 0 spiro atoms. The number of piperidine rings is 1. The number of aliphatic hydroxyl groups is 1. The number of aliphatic hydroxyl groups excluding tert-OH is 1. The van der Waals surface area contributed by atoms with Gasteiger partial charge in [-0.2, -0.15) is 0 Å². The number of amides is 1. The van der Waals surface area contributed by atoms with Gasteiger partial charge in [0.1, 0.15) is 16.0 Å². The third-order valence-corrected chi connectivity index (χ3v) is 6.21. The van der Waals surface area contributed by atoms with E-state index in [0.29, 0.717) is 18.0 Å². The van der Waals surface area contributed by atoms with E-state index in [1.807, 2.05) is 18.7 Å². The first-order valence-corrected chi connectivity index (χ1v) is 8.68. The molecule has 1 aliphatic rings. The number of ether oxygens (including phenoxy) is 1. The first kappa shape index (κ1) is 17.4. The summed E-state index contributed by atoms with van der Waals surface area (Å²) in [6.07, 6.45) is 2.60. The van der Waals surface area contributed by atoms with Gasteiger partial charge in [-0.1, -0.05) is 6.92 Å². The minimum absolute atomic E-state index is 0.00471. The second kappa shape index (κ2) is 7.06. The van der Waals surface area contributed by atoms with E-state index >= 15 is 0 Å². The van der Waals surface area contributed by atoms with E-state index in [2.05, 4.69) is 11.9 Å². The Hall–Kier alpha value is -0.980. The van der Waals surface area contributed by atoms with Crippen LogP contribution in [0.15, 0.2) is 0 Å². The van der Waals surface area contributed by atoms with Crippen LogP contribution in [0.4, 0.5) is 0 Å². The van der Waals surface area contributed by atoms with Gasteiger partial charge in [-0.15, -0.1) is 11.3 Å². The average molecular weight is 326 g/mol. The van der Waals surface area contributed by atoms with Crippen LogP contribution in [0.25, 0.3) is 0 Å². The quantitative estimate of drug-likeness (QED) is 0.904. The van der Waals surface area contributed by atoms with Gasteiger partial charge in [0.25, 0.3) is 5.91 Å². The van der Waals surface area contributed by atoms with E-state index < -0.39 is 0 Å². The summed E-state index contributed by atoms with van der Waals surface area (Å²) in [6.45, 7) is 7.55. The molecule has 1 amide bonds. The van der Waals surface area contributed by atoms with Crippen molar-refractivity contribution < 1.29 is 14.6 Å². The Morgan fingerprint density at radius 2 is 2.14 bits per heavy atom. The standard InChI is InChI=1S/C16H26N2O3S/c1-5-16(10-19)6-8-18(9-7-16)15(20)13-11(2)17-14(22-13)12(3)21-4/h12,19H,5-10H2,1-4H3. The largest absolute Gasteiger partial charge is 0.396 e. The number of hydrogen-bond donors (Lipinski definition) is 1. The highest BCUT2D eigenvalue weighted by molar-refractivity contribution is 7.13. The summed E-state index contributed by atoms with van der Waals surface area (Å²) in [6, 6.07) is 0. The van der Waals surface area contributed by atoms with Gasteiger partial charge >= 0.3 is 0 Å². The predicted molar refractivity (Wildman–Crippen MR) is 87.2 cm³/mol. The predicted octanol–water partition coefficient (Wildman–Crippen LogP) is 2.78. The number of likely N-dealkylation sites (tertiary alicyclic amines) is 1. The number of nitrogens with zero attached hydrogens (tertiary/aromatic N) is 2. The number of aryl methyl sites for hydroxylation is 1. The number of hydrogen-bond acceptors (Lipinski definition) is 5. The molecule has 5 nitrogen and oxygen atoms in total. The first-order chi connectivity index (χ1) is 10.5. The van der Waals surface area contributed by atoms with Crippen molar-refractivity contribution in [1.29, 1.82) is 0 Å². The van der Waals surface area contributed by atoms with Gasteiger partial charge in [0.15, 0.2) is 0 Å². The van der Waals surface area contributed by atoms with E-state index in [0.717, 1.165) is 30.0 Å². The highest BCUT2D eigenvalue weighted by Crippen LogP contribution is 2.35. The molecule has 1 aromatic rings. The molecule has 1 unspecified atom stereocenters. The maximum absolute atomic E-state index is 12.7. The van der Waals surface area contributed by atoms with Gasteiger partial charge in [0.2, 0.25) is 0 Å². The Bertz CT molecular complexity index is 515. The fourth-order valence-corrected chi connectivity index (χ4v) is 3.91. The van der Waals surface area contributed by atoms with E-state index in [1.165, 1.54) is 11.3 Å². The molecule has 22 heavy (non-hydrogen) atoms. The first-order valence-electron chi connectivity index (χ1n) is 7.86. The summed E-state index contributed by atoms with van der Waals surface area (Å²) in [7, 11) is 1.65. The lowest BCUT2D eigenvalue weighted by Crippen LogP contribution is -2.44. The molecule has 2 rings (SSSR count). The molecule has 0 aromatic carbocycles. The number of carbonyl (C=O) groups is 1. The molecule has 1 aliphatic heterocycles. The molecule has 1 N–H and O–H groups in total. The van der Waals surface area contributed by atoms with Crippen LogP contribution in [-0.2, 0) is 4.74 Å². The molecule has 2 heterocycles. The summed E-state index contributed by atoms with van der Waals surface area (Å²) in [4.78, 5) is 19.8. The van der Waals surface area contributed by atoms with Crippen molar-refractivity contribution in [2.75, 3.05) is 26.8 Å². The maximum atomic E-state index is 12.7. The number of rotatable bonds is 5. The average Bonchev–Trinajstić information content (AvgIpc) is 2.95. The van der Waals surface area contributed by atoms with Crippen LogP contribution >= 0.6 is 11.3 Å². The SMILES string of the molecule is CCC1(CO)CCN(C(=O)c2sc(C(C)OC)nc2C)CC1. The second-order valence-corrected chi connectivity index (χ2v) is 7.18. The van der Waals surface area contributed by atoms with Crippen molar-refractivity contribution >= 4 is 17.2 Å². The van der Waals surface area contributed by atoms with Gasteiger partial charge in [-0.3, -0.25) is 4.79 Å². The van der Waals surface area contributed by atoms with Crippen molar-refractivity contribution in [2.24, 2.45) is 5.41 Å². The molecular formula is C16H26N2O3S. The Labute approximate surface area is 136 Å². The Balaban J connectivity index is 2.09. The van der Waals surface area contributed by atoms with Crippen molar-refractivity contribution in [2.45, 2.75) is 46.1 Å². The van der Waals surface area contributed by atoms with Gasteiger partial charge in [-0.05, 0) is 38.5 Å². The van der Waals surface area contributed by atoms with E-state index in [1.54, 1.807) is 7.11 Å². The number of methoxy groups -OCH3 is 1. The minimum atomic E-state index is -0.0891. The molecule has 1 aromatic heterocycles. The van der Waals surface area contributed by atoms with Gasteiger partial charge in [0, 0.05) is 26.8 Å². The number of thiazole rings is 1. The fraction of sp³-hybridized carbons (Fsp3) is 0.750. The fourth-order valence-electron chi connectivity index (χ4n) is 2.84. The zero-order valence-electron chi connectivity index (χ0n) is 13.9. The van der Waals surface area contributed by atoms with Gasteiger partial charge in [-0.25, -0.2) is 4.98 Å². The Morgan fingerprint density at radius 3 is 2.64 bits per heavy atom. The third-order valence-electron chi connectivity index (χ3n) is 4.91. The molecule has 0 aliphatic carbocycles. The van der Waals surface area contributed by atoms with Gasteiger partial charge in [0.05, 0.1) is 5.69 Å². The lowest BCUT2D eigenvalue weighted by atomic mass is 9.77. The van der Waals surface area contributed by atoms with Crippen LogP contribution in [-0.4, -0.2) is 47.7 Å². The molecule has 0 saturated carbocycles. The third kappa shape index (κ3) is 3.34. The molecular weight excluding hydrogens is 300 g/mol. The van der Waals surface area contributed by atoms with Crippen LogP contribution in [0.1, 0.15) is 59.6 Å².